The van der Waals surface area contributed by atoms with Gasteiger partial charge in [-0.2, -0.15) is 0 Å². The average molecular weight is 254 g/mol. The zero-order valence-corrected chi connectivity index (χ0v) is 11.7. The van der Waals surface area contributed by atoms with Gasteiger partial charge in [0.15, 0.2) is 0 Å². The van der Waals surface area contributed by atoms with Crippen LogP contribution >= 0.6 is 11.3 Å². The van der Waals surface area contributed by atoms with Crippen molar-refractivity contribution in [2.24, 2.45) is 11.7 Å². The van der Waals surface area contributed by atoms with Gasteiger partial charge in [0.1, 0.15) is 0 Å². The van der Waals surface area contributed by atoms with E-state index in [0.29, 0.717) is 13.0 Å². The Kier molecular flexibility index (Phi) is 5.65. The monoisotopic (exact) mass is 254 g/mol. The molecule has 4 heteroatoms. The lowest BCUT2D eigenvalue weighted by atomic mass is 10.1. The van der Waals surface area contributed by atoms with Gasteiger partial charge in [-0.15, -0.1) is 11.3 Å². The van der Waals surface area contributed by atoms with Crippen LogP contribution in [0, 0.1) is 5.92 Å². The summed E-state index contributed by atoms with van der Waals surface area (Å²) in [6, 6.07) is 4.40. The number of thiophene rings is 1. The third kappa shape index (κ3) is 4.48. The highest BCUT2D eigenvalue weighted by Crippen LogP contribution is 2.14. The van der Waals surface area contributed by atoms with Gasteiger partial charge in [-0.05, 0) is 30.8 Å². The Morgan fingerprint density at radius 3 is 2.76 bits per heavy atom. The van der Waals surface area contributed by atoms with Gasteiger partial charge < -0.3 is 10.6 Å². The molecule has 0 aromatic carbocycles. The van der Waals surface area contributed by atoms with Crippen molar-refractivity contribution in [1.29, 1.82) is 0 Å². The fraction of sp³-hybridized carbons (Fsp3) is 0.615. The Morgan fingerprint density at radius 1 is 1.53 bits per heavy atom. The standard InChI is InChI=1S/C13H22N2OS/c1-10(9-14)7-13(16)15(3)11(2)8-12-5-4-6-17-12/h4-6,10-11H,7-9,14H2,1-3H3. The van der Waals surface area contributed by atoms with Crippen molar-refractivity contribution in [2.75, 3.05) is 13.6 Å². The van der Waals surface area contributed by atoms with Gasteiger partial charge in [-0.25, -0.2) is 0 Å². The van der Waals surface area contributed by atoms with E-state index in [1.54, 1.807) is 11.3 Å². The van der Waals surface area contributed by atoms with E-state index in [1.165, 1.54) is 4.88 Å². The highest BCUT2D eigenvalue weighted by molar-refractivity contribution is 7.09. The molecule has 3 nitrogen and oxygen atoms in total. The first kappa shape index (κ1) is 14.2. The van der Waals surface area contributed by atoms with E-state index < -0.39 is 0 Å². The van der Waals surface area contributed by atoms with Gasteiger partial charge in [-0.1, -0.05) is 13.0 Å². The first-order valence-corrected chi connectivity index (χ1v) is 6.90. The quantitative estimate of drug-likeness (QED) is 0.845. The summed E-state index contributed by atoms with van der Waals surface area (Å²) in [5.74, 6) is 0.450. The molecule has 0 saturated heterocycles. The molecule has 2 atom stereocenters. The van der Waals surface area contributed by atoms with E-state index in [1.807, 2.05) is 24.9 Å². The van der Waals surface area contributed by atoms with Crippen molar-refractivity contribution in [2.45, 2.75) is 32.7 Å². The lowest BCUT2D eigenvalue weighted by molar-refractivity contribution is -0.132. The lowest BCUT2D eigenvalue weighted by Crippen LogP contribution is -2.37. The van der Waals surface area contributed by atoms with Crippen molar-refractivity contribution in [3.63, 3.8) is 0 Å². The molecular weight excluding hydrogens is 232 g/mol. The number of hydrogen-bond donors (Lipinski definition) is 1. The number of amides is 1. The number of rotatable bonds is 6. The molecule has 0 aliphatic rings. The van der Waals surface area contributed by atoms with Gasteiger partial charge in [0.25, 0.3) is 0 Å². The largest absolute Gasteiger partial charge is 0.343 e. The molecule has 0 aliphatic carbocycles. The Bertz CT molecular complexity index is 337. The third-order valence-corrected chi connectivity index (χ3v) is 3.96. The summed E-state index contributed by atoms with van der Waals surface area (Å²) >= 11 is 1.74. The summed E-state index contributed by atoms with van der Waals surface area (Å²) in [5, 5.41) is 2.07. The third-order valence-electron chi connectivity index (χ3n) is 3.06. The molecule has 17 heavy (non-hydrogen) atoms. The first-order chi connectivity index (χ1) is 8.04. The zero-order chi connectivity index (χ0) is 12.8. The van der Waals surface area contributed by atoms with Gasteiger partial charge >= 0.3 is 0 Å². The number of carbonyl (C=O) groups is 1. The molecule has 2 N–H and O–H groups in total. The molecule has 0 radical (unpaired) electrons. The Morgan fingerprint density at radius 2 is 2.24 bits per heavy atom. The van der Waals surface area contributed by atoms with Gasteiger partial charge in [0.05, 0.1) is 0 Å². The highest BCUT2D eigenvalue weighted by Gasteiger charge is 2.18. The highest BCUT2D eigenvalue weighted by atomic mass is 32.1. The van der Waals surface area contributed by atoms with E-state index in [0.717, 1.165) is 6.42 Å². The van der Waals surface area contributed by atoms with E-state index in [2.05, 4.69) is 18.4 Å². The van der Waals surface area contributed by atoms with E-state index >= 15 is 0 Å². The van der Waals surface area contributed by atoms with Gasteiger partial charge in [-0.3, -0.25) is 4.79 Å². The molecule has 0 aliphatic heterocycles. The van der Waals surface area contributed by atoms with Crippen molar-refractivity contribution >= 4 is 17.2 Å². The van der Waals surface area contributed by atoms with Crippen molar-refractivity contribution in [3.8, 4) is 0 Å². The summed E-state index contributed by atoms with van der Waals surface area (Å²) in [6.07, 6.45) is 1.47. The summed E-state index contributed by atoms with van der Waals surface area (Å²) in [4.78, 5) is 15.1. The minimum Gasteiger partial charge on any atom is -0.343 e. The minimum absolute atomic E-state index is 0.187. The number of carbonyl (C=O) groups excluding carboxylic acids is 1. The molecule has 1 rings (SSSR count). The van der Waals surface area contributed by atoms with Crippen LogP contribution in [0.5, 0.6) is 0 Å². The first-order valence-electron chi connectivity index (χ1n) is 6.02. The second-order valence-electron chi connectivity index (χ2n) is 4.68. The Labute approximate surface area is 108 Å². The van der Waals surface area contributed by atoms with Crippen LogP contribution in [0.25, 0.3) is 0 Å². The fourth-order valence-corrected chi connectivity index (χ4v) is 2.45. The predicted molar refractivity (Wildman–Crippen MR) is 73.1 cm³/mol. The molecule has 0 fully saturated rings. The molecule has 0 bridgehead atoms. The number of nitrogens with zero attached hydrogens (tertiary/aromatic N) is 1. The molecule has 1 aromatic rings. The summed E-state index contributed by atoms with van der Waals surface area (Å²) in [6.45, 7) is 4.67. The summed E-state index contributed by atoms with van der Waals surface area (Å²) in [7, 11) is 1.88. The van der Waals surface area contributed by atoms with E-state index in [-0.39, 0.29) is 17.9 Å². The van der Waals surface area contributed by atoms with Crippen LogP contribution in [0.3, 0.4) is 0 Å². The average Bonchev–Trinajstić information content (AvgIpc) is 2.80. The second-order valence-corrected chi connectivity index (χ2v) is 5.71. The van der Waals surface area contributed by atoms with Crippen LogP contribution in [0.15, 0.2) is 17.5 Å². The molecule has 0 saturated carbocycles. The lowest BCUT2D eigenvalue weighted by Gasteiger charge is -2.25. The molecule has 1 aromatic heterocycles. The van der Waals surface area contributed by atoms with E-state index in [4.69, 9.17) is 5.73 Å². The fourth-order valence-electron chi connectivity index (χ4n) is 1.63. The van der Waals surface area contributed by atoms with Crippen molar-refractivity contribution in [3.05, 3.63) is 22.4 Å². The smallest absolute Gasteiger partial charge is 0.222 e. The van der Waals surface area contributed by atoms with Crippen LogP contribution in [0.1, 0.15) is 25.1 Å². The van der Waals surface area contributed by atoms with Gasteiger partial charge in [0.2, 0.25) is 5.91 Å². The second kappa shape index (κ2) is 6.77. The van der Waals surface area contributed by atoms with E-state index in [9.17, 15) is 4.79 Å². The summed E-state index contributed by atoms with van der Waals surface area (Å²) in [5.41, 5.74) is 5.54. The normalized spacial score (nSPS) is 14.4. The van der Waals surface area contributed by atoms with Crippen LogP contribution in [-0.4, -0.2) is 30.4 Å². The zero-order valence-electron chi connectivity index (χ0n) is 10.8. The van der Waals surface area contributed by atoms with Crippen molar-refractivity contribution in [1.82, 2.24) is 4.90 Å². The van der Waals surface area contributed by atoms with Crippen LogP contribution in [0.2, 0.25) is 0 Å². The number of nitrogens with two attached hydrogens (primary N) is 1. The minimum atomic E-state index is 0.187. The Balaban J connectivity index is 2.45. The molecular formula is C13H22N2OS. The molecule has 2 unspecified atom stereocenters. The molecule has 0 spiro atoms. The SMILES string of the molecule is CC(CN)CC(=O)N(C)C(C)Cc1cccs1. The van der Waals surface area contributed by atoms with Gasteiger partial charge in [0, 0.05) is 30.8 Å². The number of hydrogen-bond acceptors (Lipinski definition) is 3. The molecule has 1 heterocycles. The maximum absolute atomic E-state index is 12.0. The van der Waals surface area contributed by atoms with Crippen LogP contribution in [-0.2, 0) is 11.2 Å². The van der Waals surface area contributed by atoms with Crippen LogP contribution < -0.4 is 5.73 Å². The van der Waals surface area contributed by atoms with Crippen LogP contribution in [0.4, 0.5) is 0 Å². The Hall–Kier alpha value is -0.870. The predicted octanol–water partition coefficient (Wildman–Crippen LogP) is 2.12. The van der Waals surface area contributed by atoms with Crippen molar-refractivity contribution < 1.29 is 4.79 Å². The maximum Gasteiger partial charge on any atom is 0.222 e. The maximum atomic E-state index is 12.0. The number of likely N-dealkylation sites (N-methyl/N-ethyl adjacent to an activating group) is 1. The summed E-state index contributed by atoms with van der Waals surface area (Å²) < 4.78 is 0. The molecule has 96 valence electrons. The topological polar surface area (TPSA) is 46.3 Å². The molecule has 1 amide bonds.